The molecule has 2 aliphatic rings. The van der Waals surface area contributed by atoms with Crippen LogP contribution in [0.25, 0.3) is 0 Å². The summed E-state index contributed by atoms with van der Waals surface area (Å²) in [6.07, 6.45) is 5.57. The third kappa shape index (κ3) is 4.63. The Morgan fingerprint density at radius 3 is 2.40 bits per heavy atom. The van der Waals surface area contributed by atoms with Gasteiger partial charge in [0, 0.05) is 18.6 Å². The fourth-order valence-corrected chi connectivity index (χ4v) is 2.92. The minimum Gasteiger partial charge on any atom is -0.444 e. The number of carbonyl (C=O) groups is 1. The van der Waals surface area contributed by atoms with Crippen LogP contribution in [-0.2, 0) is 4.74 Å². The van der Waals surface area contributed by atoms with Crippen LogP contribution >= 0.6 is 0 Å². The van der Waals surface area contributed by atoms with Crippen molar-refractivity contribution in [1.29, 1.82) is 0 Å². The van der Waals surface area contributed by atoms with E-state index in [0.29, 0.717) is 12.6 Å². The molecule has 0 unspecified atom stereocenters. The van der Waals surface area contributed by atoms with Crippen molar-refractivity contribution in [2.45, 2.75) is 82.6 Å². The van der Waals surface area contributed by atoms with Crippen molar-refractivity contribution in [3.05, 3.63) is 0 Å². The Hall–Kier alpha value is -0.810. The van der Waals surface area contributed by atoms with E-state index >= 15 is 0 Å². The summed E-state index contributed by atoms with van der Waals surface area (Å²) in [5.74, 6) is 0. The molecule has 3 N–H and O–H groups in total. The van der Waals surface area contributed by atoms with Gasteiger partial charge in [-0.15, -0.1) is 0 Å². The zero-order valence-corrected chi connectivity index (χ0v) is 12.9. The molecule has 2 aliphatic carbocycles. The summed E-state index contributed by atoms with van der Waals surface area (Å²) in [4.78, 5) is 11.6. The summed E-state index contributed by atoms with van der Waals surface area (Å²) in [6, 6.07) is 0.597. The number of amides is 1. The highest BCUT2D eigenvalue weighted by Crippen LogP contribution is 2.29. The SMILES string of the molecule is CC(C)(C)OC(=O)NC1CC(NCC2(O)CCCC2)C1. The molecule has 0 aromatic rings. The molecule has 5 heteroatoms. The third-order valence-corrected chi connectivity index (χ3v) is 4.11. The molecule has 0 atom stereocenters. The first kappa shape index (κ1) is 15.6. The predicted molar refractivity (Wildman–Crippen MR) is 77.6 cm³/mol. The fraction of sp³-hybridized carbons (Fsp3) is 0.933. The van der Waals surface area contributed by atoms with E-state index < -0.39 is 11.2 Å². The standard InChI is InChI=1S/C15H28N2O3/c1-14(2,3)20-13(18)17-12-8-11(9-12)16-10-15(19)6-4-5-7-15/h11-12,16,19H,4-10H2,1-3H3,(H,17,18). The first-order chi connectivity index (χ1) is 9.26. The van der Waals surface area contributed by atoms with Gasteiger partial charge in [0.1, 0.15) is 5.60 Å². The third-order valence-electron chi connectivity index (χ3n) is 4.11. The van der Waals surface area contributed by atoms with E-state index in [2.05, 4.69) is 10.6 Å². The first-order valence-corrected chi connectivity index (χ1v) is 7.71. The molecule has 0 heterocycles. The lowest BCUT2D eigenvalue weighted by molar-refractivity contribution is 0.0346. The van der Waals surface area contributed by atoms with Gasteiger partial charge in [-0.3, -0.25) is 0 Å². The number of aliphatic hydroxyl groups is 1. The minimum absolute atomic E-state index is 0.195. The van der Waals surface area contributed by atoms with Crippen molar-refractivity contribution >= 4 is 6.09 Å². The molecule has 2 saturated carbocycles. The average molecular weight is 284 g/mol. The lowest BCUT2D eigenvalue weighted by Gasteiger charge is -2.38. The van der Waals surface area contributed by atoms with E-state index in [-0.39, 0.29) is 12.1 Å². The van der Waals surface area contributed by atoms with Gasteiger partial charge in [-0.25, -0.2) is 4.79 Å². The molecular weight excluding hydrogens is 256 g/mol. The largest absolute Gasteiger partial charge is 0.444 e. The van der Waals surface area contributed by atoms with Crippen LogP contribution in [0.3, 0.4) is 0 Å². The van der Waals surface area contributed by atoms with Crippen molar-refractivity contribution in [1.82, 2.24) is 10.6 Å². The Morgan fingerprint density at radius 1 is 1.25 bits per heavy atom. The molecular formula is C15H28N2O3. The van der Waals surface area contributed by atoms with Gasteiger partial charge in [0.2, 0.25) is 0 Å². The van der Waals surface area contributed by atoms with Gasteiger partial charge in [-0.2, -0.15) is 0 Å². The average Bonchev–Trinajstić information content (AvgIpc) is 2.66. The molecule has 2 fully saturated rings. The zero-order valence-electron chi connectivity index (χ0n) is 12.9. The topological polar surface area (TPSA) is 70.6 Å². The van der Waals surface area contributed by atoms with E-state index in [4.69, 9.17) is 4.74 Å². The molecule has 2 rings (SSSR count). The molecule has 0 spiro atoms. The number of hydrogen-bond donors (Lipinski definition) is 3. The fourth-order valence-electron chi connectivity index (χ4n) is 2.92. The lowest BCUT2D eigenvalue weighted by Crippen LogP contribution is -2.55. The van der Waals surface area contributed by atoms with Gasteiger partial charge in [0.05, 0.1) is 5.60 Å². The van der Waals surface area contributed by atoms with E-state index in [1.807, 2.05) is 20.8 Å². The second-order valence-electron chi connectivity index (χ2n) is 7.32. The number of alkyl carbamates (subject to hydrolysis) is 1. The van der Waals surface area contributed by atoms with Crippen molar-refractivity contribution in [3.63, 3.8) is 0 Å². The van der Waals surface area contributed by atoms with Crippen LogP contribution in [0.2, 0.25) is 0 Å². The molecule has 0 aromatic heterocycles. The van der Waals surface area contributed by atoms with Gasteiger partial charge < -0.3 is 20.5 Å². The highest BCUT2D eigenvalue weighted by Gasteiger charge is 2.35. The summed E-state index contributed by atoms with van der Waals surface area (Å²) >= 11 is 0. The number of hydrogen-bond acceptors (Lipinski definition) is 4. The maximum Gasteiger partial charge on any atom is 0.407 e. The summed E-state index contributed by atoms with van der Waals surface area (Å²) in [5.41, 5.74) is -0.944. The number of rotatable bonds is 4. The van der Waals surface area contributed by atoms with Gasteiger partial charge in [0.15, 0.2) is 0 Å². The van der Waals surface area contributed by atoms with E-state index in [1.54, 1.807) is 0 Å². The van der Waals surface area contributed by atoms with Crippen LogP contribution in [0.5, 0.6) is 0 Å². The van der Waals surface area contributed by atoms with Crippen molar-refractivity contribution in [2.24, 2.45) is 0 Å². The highest BCUT2D eigenvalue weighted by molar-refractivity contribution is 5.68. The summed E-state index contributed by atoms with van der Waals surface area (Å²) in [5, 5.41) is 16.5. The van der Waals surface area contributed by atoms with Crippen LogP contribution in [0.15, 0.2) is 0 Å². The highest BCUT2D eigenvalue weighted by atomic mass is 16.6. The first-order valence-electron chi connectivity index (χ1n) is 7.71. The second kappa shape index (κ2) is 5.90. The van der Waals surface area contributed by atoms with Gasteiger partial charge in [-0.05, 0) is 46.5 Å². The van der Waals surface area contributed by atoms with Crippen LogP contribution in [0.1, 0.15) is 59.3 Å². The molecule has 5 nitrogen and oxygen atoms in total. The normalized spacial score (nSPS) is 28.8. The molecule has 116 valence electrons. The monoisotopic (exact) mass is 284 g/mol. The van der Waals surface area contributed by atoms with Crippen molar-refractivity contribution in [3.8, 4) is 0 Å². The Morgan fingerprint density at radius 2 is 1.85 bits per heavy atom. The summed E-state index contributed by atoms with van der Waals surface area (Å²) in [7, 11) is 0. The zero-order chi connectivity index (χ0) is 14.8. The molecule has 0 saturated heterocycles. The Kier molecular flexibility index (Phi) is 4.59. The van der Waals surface area contributed by atoms with E-state index in [1.165, 1.54) is 0 Å². The molecule has 1 amide bonds. The smallest absolute Gasteiger partial charge is 0.407 e. The molecule has 20 heavy (non-hydrogen) atoms. The number of nitrogens with one attached hydrogen (secondary N) is 2. The van der Waals surface area contributed by atoms with Gasteiger partial charge >= 0.3 is 6.09 Å². The van der Waals surface area contributed by atoms with Crippen molar-refractivity contribution < 1.29 is 14.6 Å². The summed E-state index contributed by atoms with van der Waals surface area (Å²) in [6.45, 7) is 6.26. The van der Waals surface area contributed by atoms with Gasteiger partial charge in [-0.1, -0.05) is 12.8 Å². The molecule has 0 radical (unpaired) electrons. The molecule has 0 aliphatic heterocycles. The Bertz CT molecular complexity index is 340. The molecule has 0 aromatic carbocycles. The predicted octanol–water partition coefficient (Wildman–Crippen LogP) is 1.94. The summed E-state index contributed by atoms with van der Waals surface area (Å²) < 4.78 is 5.23. The van der Waals surface area contributed by atoms with Crippen LogP contribution in [-0.4, -0.2) is 41.0 Å². The van der Waals surface area contributed by atoms with Gasteiger partial charge in [0.25, 0.3) is 0 Å². The van der Waals surface area contributed by atoms with Crippen LogP contribution < -0.4 is 10.6 Å². The Balaban J connectivity index is 1.59. The second-order valence-corrected chi connectivity index (χ2v) is 7.32. The van der Waals surface area contributed by atoms with Crippen molar-refractivity contribution in [2.75, 3.05) is 6.54 Å². The van der Waals surface area contributed by atoms with E-state index in [0.717, 1.165) is 38.5 Å². The maximum atomic E-state index is 11.6. The molecule has 0 bridgehead atoms. The van der Waals surface area contributed by atoms with E-state index in [9.17, 15) is 9.90 Å². The minimum atomic E-state index is -0.496. The Labute approximate surface area is 121 Å². The maximum absolute atomic E-state index is 11.6. The number of carbonyl (C=O) groups excluding carboxylic acids is 1. The number of ether oxygens (including phenoxy) is 1. The quantitative estimate of drug-likeness (QED) is 0.738. The van der Waals surface area contributed by atoms with Crippen LogP contribution in [0.4, 0.5) is 4.79 Å². The lowest BCUT2D eigenvalue weighted by atomic mass is 9.86. The van der Waals surface area contributed by atoms with Crippen LogP contribution in [0, 0.1) is 0 Å².